The van der Waals surface area contributed by atoms with E-state index in [0.717, 1.165) is 38.6 Å². The number of carbonyl (C=O) groups is 1. The molecule has 1 amide bonds. The van der Waals surface area contributed by atoms with Gasteiger partial charge in [-0.15, -0.1) is 24.0 Å². The first-order valence-electron chi connectivity index (χ1n) is 11.7. The van der Waals surface area contributed by atoms with Crippen LogP contribution in [0, 0.1) is 0 Å². The van der Waals surface area contributed by atoms with Crippen molar-refractivity contribution in [2.45, 2.75) is 78.0 Å². The number of hydrogen-bond acceptors (Lipinski definition) is 3. The van der Waals surface area contributed by atoms with Gasteiger partial charge in [-0.05, 0) is 50.8 Å². The number of rotatable bonds is 7. The van der Waals surface area contributed by atoms with Gasteiger partial charge in [-0.25, -0.2) is 4.99 Å². The highest BCUT2D eigenvalue weighted by molar-refractivity contribution is 14.0. The zero-order chi connectivity index (χ0) is 21.3. The number of nitrogens with one attached hydrogen (secondary N) is 2. The Balaban J connectivity index is 0.00000341. The summed E-state index contributed by atoms with van der Waals surface area (Å²) in [5, 5.41) is 6.84. The summed E-state index contributed by atoms with van der Waals surface area (Å²) in [4.78, 5) is 21.2. The number of carbonyl (C=O) groups excluding carboxylic acids is 1. The summed E-state index contributed by atoms with van der Waals surface area (Å²) in [7, 11) is 0. The van der Waals surface area contributed by atoms with Crippen LogP contribution in [-0.4, -0.2) is 59.9 Å². The highest BCUT2D eigenvalue weighted by Crippen LogP contribution is 2.19. The Hall–Kier alpha value is -1.35. The van der Waals surface area contributed by atoms with Crippen LogP contribution < -0.4 is 10.6 Å². The lowest BCUT2D eigenvalue weighted by Gasteiger charge is -2.33. The number of guanidine groups is 1. The minimum atomic E-state index is 0. The average Bonchev–Trinajstić information content (AvgIpc) is 3.23. The molecule has 2 fully saturated rings. The lowest BCUT2D eigenvalue weighted by Crippen LogP contribution is -2.45. The van der Waals surface area contributed by atoms with Crippen molar-refractivity contribution < 1.29 is 4.79 Å². The van der Waals surface area contributed by atoms with Crippen LogP contribution in [0.5, 0.6) is 0 Å². The smallest absolute Gasteiger partial charge is 0.222 e. The molecule has 2 unspecified atom stereocenters. The highest BCUT2D eigenvalue weighted by Gasteiger charge is 2.25. The number of benzene rings is 1. The number of amides is 1. The molecule has 0 radical (unpaired) electrons. The molecule has 0 aromatic heterocycles. The summed E-state index contributed by atoms with van der Waals surface area (Å²) in [6, 6.07) is 9.86. The fourth-order valence-electron chi connectivity index (χ4n) is 4.39. The van der Waals surface area contributed by atoms with Crippen molar-refractivity contribution in [3.63, 3.8) is 0 Å². The molecule has 0 saturated carbocycles. The maximum atomic E-state index is 11.9. The molecule has 6 nitrogen and oxygen atoms in total. The van der Waals surface area contributed by atoms with Crippen LogP contribution in [0.4, 0.5) is 0 Å². The minimum absolute atomic E-state index is 0. The van der Waals surface area contributed by atoms with Crippen molar-refractivity contribution in [2.75, 3.05) is 26.2 Å². The maximum Gasteiger partial charge on any atom is 0.222 e. The number of hydrogen-bond donors (Lipinski definition) is 2. The van der Waals surface area contributed by atoms with Gasteiger partial charge in [-0.1, -0.05) is 37.6 Å². The average molecular weight is 542 g/mol. The lowest BCUT2D eigenvalue weighted by molar-refractivity contribution is -0.129. The fraction of sp³-hybridized carbons (Fsp3) is 0.667. The van der Waals surface area contributed by atoms with Crippen LogP contribution >= 0.6 is 24.0 Å². The van der Waals surface area contributed by atoms with Gasteiger partial charge < -0.3 is 15.5 Å². The lowest BCUT2D eigenvalue weighted by atomic mass is 10.0. The molecule has 0 bridgehead atoms. The summed E-state index contributed by atoms with van der Waals surface area (Å²) in [6.45, 7) is 11.7. The number of nitrogens with zero attached hydrogens (tertiary/aromatic N) is 3. The van der Waals surface area contributed by atoms with Crippen LogP contribution in [0.25, 0.3) is 0 Å². The Labute approximate surface area is 205 Å². The van der Waals surface area contributed by atoms with E-state index in [4.69, 9.17) is 4.99 Å². The first-order chi connectivity index (χ1) is 14.6. The number of aliphatic imine (C=N–C) groups is 1. The van der Waals surface area contributed by atoms with Crippen LogP contribution in [0.15, 0.2) is 29.3 Å². The van der Waals surface area contributed by atoms with Crippen molar-refractivity contribution in [1.82, 2.24) is 20.4 Å². The minimum Gasteiger partial charge on any atom is -0.357 e. The van der Waals surface area contributed by atoms with Gasteiger partial charge in [-0.3, -0.25) is 9.69 Å². The standard InChI is InChI=1S/C24H39N5O.HI/c1-4-23(30)29-15-13-22(18-29)27-24(25-5-2)26-16-20-9-11-21(12-10-20)17-28-14-7-6-8-19(28)3;/h9-12,19,22H,4-8,13-18H2,1-3H3,(H2,25,26,27);1H. The Morgan fingerprint density at radius 1 is 1.10 bits per heavy atom. The molecule has 7 heteroatoms. The quantitative estimate of drug-likeness (QED) is 0.314. The van der Waals surface area contributed by atoms with Gasteiger partial charge in [0.2, 0.25) is 5.91 Å². The van der Waals surface area contributed by atoms with Crippen LogP contribution in [0.3, 0.4) is 0 Å². The van der Waals surface area contributed by atoms with E-state index in [-0.39, 0.29) is 35.9 Å². The van der Waals surface area contributed by atoms with Crippen molar-refractivity contribution in [3.8, 4) is 0 Å². The maximum absolute atomic E-state index is 11.9. The zero-order valence-electron chi connectivity index (χ0n) is 19.4. The van der Waals surface area contributed by atoms with E-state index < -0.39 is 0 Å². The predicted molar refractivity (Wildman–Crippen MR) is 139 cm³/mol. The van der Waals surface area contributed by atoms with E-state index in [1.54, 1.807) is 0 Å². The van der Waals surface area contributed by atoms with Gasteiger partial charge in [0.05, 0.1) is 6.54 Å². The van der Waals surface area contributed by atoms with Gasteiger partial charge in [0, 0.05) is 44.7 Å². The third-order valence-corrected chi connectivity index (χ3v) is 6.30. The van der Waals surface area contributed by atoms with Crippen molar-refractivity contribution in [3.05, 3.63) is 35.4 Å². The summed E-state index contributed by atoms with van der Waals surface area (Å²) < 4.78 is 0. The van der Waals surface area contributed by atoms with Crippen molar-refractivity contribution in [1.29, 1.82) is 0 Å². The van der Waals surface area contributed by atoms with Gasteiger partial charge >= 0.3 is 0 Å². The molecule has 3 rings (SSSR count). The monoisotopic (exact) mass is 541 g/mol. The molecule has 2 atom stereocenters. The van der Waals surface area contributed by atoms with E-state index >= 15 is 0 Å². The Bertz CT molecular complexity index is 708. The molecule has 1 aromatic carbocycles. The van der Waals surface area contributed by atoms with E-state index in [1.165, 1.54) is 36.9 Å². The molecular formula is C24H40IN5O. The molecular weight excluding hydrogens is 501 g/mol. The van der Waals surface area contributed by atoms with Gasteiger partial charge in [0.15, 0.2) is 5.96 Å². The van der Waals surface area contributed by atoms with Crippen molar-refractivity contribution >= 4 is 35.8 Å². The third-order valence-electron chi connectivity index (χ3n) is 6.30. The molecule has 0 aliphatic carbocycles. The summed E-state index contributed by atoms with van der Waals surface area (Å²) in [6.07, 6.45) is 5.55. The molecule has 2 N–H and O–H groups in total. The molecule has 0 spiro atoms. The molecule has 174 valence electrons. The Morgan fingerprint density at radius 3 is 2.52 bits per heavy atom. The normalized spacial score (nSPS) is 22.2. The molecule has 1 aromatic rings. The molecule has 31 heavy (non-hydrogen) atoms. The number of likely N-dealkylation sites (tertiary alicyclic amines) is 2. The second-order valence-electron chi connectivity index (χ2n) is 8.65. The Morgan fingerprint density at radius 2 is 1.84 bits per heavy atom. The van der Waals surface area contributed by atoms with E-state index in [2.05, 4.69) is 53.6 Å². The molecule has 2 heterocycles. The predicted octanol–water partition coefficient (Wildman–Crippen LogP) is 3.75. The Kier molecular flexibility index (Phi) is 11.1. The van der Waals surface area contributed by atoms with E-state index in [0.29, 0.717) is 19.0 Å². The van der Waals surface area contributed by atoms with Crippen molar-refractivity contribution in [2.24, 2.45) is 4.99 Å². The van der Waals surface area contributed by atoms with E-state index in [1.807, 2.05) is 11.8 Å². The fourth-order valence-corrected chi connectivity index (χ4v) is 4.39. The third kappa shape index (κ3) is 7.93. The largest absolute Gasteiger partial charge is 0.357 e. The summed E-state index contributed by atoms with van der Waals surface area (Å²) in [5.41, 5.74) is 2.60. The second-order valence-corrected chi connectivity index (χ2v) is 8.65. The molecule has 2 aliphatic heterocycles. The van der Waals surface area contributed by atoms with Gasteiger partial charge in [0.25, 0.3) is 0 Å². The van der Waals surface area contributed by atoms with Crippen LogP contribution in [0.2, 0.25) is 0 Å². The van der Waals surface area contributed by atoms with Crippen LogP contribution in [-0.2, 0) is 17.9 Å². The first-order valence-corrected chi connectivity index (χ1v) is 11.7. The second kappa shape index (κ2) is 13.3. The zero-order valence-corrected chi connectivity index (χ0v) is 21.7. The van der Waals surface area contributed by atoms with Crippen LogP contribution in [0.1, 0.15) is 64.0 Å². The number of halogens is 1. The number of piperidine rings is 1. The molecule has 2 aliphatic rings. The van der Waals surface area contributed by atoms with Gasteiger partial charge in [0.1, 0.15) is 0 Å². The molecule has 2 saturated heterocycles. The SMILES string of the molecule is CCNC(=NCc1ccc(CN2CCCCC2C)cc1)NC1CCN(C(=O)CC)C1.I. The summed E-state index contributed by atoms with van der Waals surface area (Å²) >= 11 is 0. The first kappa shape index (κ1) is 25.9. The summed E-state index contributed by atoms with van der Waals surface area (Å²) in [5.74, 6) is 1.07. The topological polar surface area (TPSA) is 60.0 Å². The van der Waals surface area contributed by atoms with E-state index in [9.17, 15) is 4.79 Å². The van der Waals surface area contributed by atoms with Gasteiger partial charge in [-0.2, -0.15) is 0 Å². The highest BCUT2D eigenvalue weighted by atomic mass is 127.